The number of esters is 1. The number of fused-ring (bicyclic) bond motifs is 1. The molecule has 0 bridgehead atoms. The maximum absolute atomic E-state index is 13.0. The second-order valence-electron chi connectivity index (χ2n) is 8.05. The number of carbonyl (C=O) groups excluding carboxylic acids is 2. The van der Waals surface area contributed by atoms with Crippen molar-refractivity contribution in [2.75, 3.05) is 30.2 Å². The molecule has 0 atom stereocenters. The van der Waals surface area contributed by atoms with Crippen LogP contribution in [0.1, 0.15) is 40.4 Å². The summed E-state index contributed by atoms with van der Waals surface area (Å²) in [5.41, 5.74) is 3.24. The molecule has 0 radical (unpaired) electrons. The number of aromatic nitrogens is 2. The average molecular weight is 493 g/mol. The first-order valence-electron chi connectivity index (χ1n) is 11.4. The zero-order valence-corrected chi connectivity index (χ0v) is 20.9. The molecule has 1 amide bonds. The minimum Gasteiger partial charge on any atom is -0.497 e. The lowest BCUT2D eigenvalue weighted by Gasteiger charge is -2.18. The zero-order chi connectivity index (χ0) is 24.8. The molecular weight excluding hydrogens is 464 g/mol. The first-order valence-corrected chi connectivity index (χ1v) is 12.4. The molecule has 182 valence electrons. The number of anilines is 2. The van der Waals surface area contributed by atoms with Crippen LogP contribution in [0.25, 0.3) is 0 Å². The van der Waals surface area contributed by atoms with Crippen LogP contribution in [0, 0.1) is 0 Å². The summed E-state index contributed by atoms with van der Waals surface area (Å²) >= 11 is 1.58. The Morgan fingerprint density at radius 3 is 2.43 bits per heavy atom. The number of hydrogen-bond donors (Lipinski definition) is 1. The van der Waals surface area contributed by atoms with E-state index in [1.807, 2.05) is 36.4 Å². The monoisotopic (exact) mass is 492 g/mol. The average Bonchev–Trinajstić information content (AvgIpc) is 3.21. The van der Waals surface area contributed by atoms with Crippen LogP contribution in [-0.4, -0.2) is 41.8 Å². The van der Waals surface area contributed by atoms with Crippen LogP contribution in [-0.2, 0) is 29.0 Å². The summed E-state index contributed by atoms with van der Waals surface area (Å²) in [6.45, 7) is 3.03. The van der Waals surface area contributed by atoms with Gasteiger partial charge in [-0.3, -0.25) is 9.69 Å². The molecule has 1 N–H and O–H groups in total. The van der Waals surface area contributed by atoms with Crippen molar-refractivity contribution in [3.05, 3.63) is 70.8 Å². The minimum atomic E-state index is -0.392. The van der Waals surface area contributed by atoms with Crippen LogP contribution in [0.5, 0.6) is 5.75 Å². The number of rotatable bonds is 10. The third-order valence-electron chi connectivity index (χ3n) is 5.62. The van der Waals surface area contributed by atoms with Crippen molar-refractivity contribution in [1.82, 2.24) is 9.97 Å². The fraction of sp³-hybridized carbons (Fsp3) is 0.308. The second kappa shape index (κ2) is 11.2. The molecule has 2 heterocycles. The van der Waals surface area contributed by atoms with Crippen molar-refractivity contribution in [1.29, 1.82) is 0 Å². The molecule has 0 saturated carbocycles. The summed E-state index contributed by atoms with van der Waals surface area (Å²) in [4.78, 5) is 35.9. The van der Waals surface area contributed by atoms with E-state index >= 15 is 0 Å². The van der Waals surface area contributed by atoms with Gasteiger partial charge in [-0.2, -0.15) is 0 Å². The molecule has 1 aliphatic rings. The van der Waals surface area contributed by atoms with Crippen molar-refractivity contribution >= 4 is 35.3 Å². The van der Waals surface area contributed by atoms with Gasteiger partial charge in [0.1, 0.15) is 17.4 Å². The second-order valence-corrected chi connectivity index (χ2v) is 9.11. The van der Waals surface area contributed by atoms with Gasteiger partial charge in [0.25, 0.3) is 0 Å². The fourth-order valence-corrected chi connectivity index (χ4v) is 4.44. The Morgan fingerprint density at radius 2 is 1.77 bits per heavy atom. The fourth-order valence-electron chi connectivity index (χ4n) is 3.75. The Kier molecular flexibility index (Phi) is 7.87. The minimum absolute atomic E-state index is 0.0310. The summed E-state index contributed by atoms with van der Waals surface area (Å²) in [6, 6.07) is 14.9. The molecule has 35 heavy (non-hydrogen) atoms. The predicted molar refractivity (Wildman–Crippen MR) is 136 cm³/mol. The van der Waals surface area contributed by atoms with Crippen LogP contribution in [0.4, 0.5) is 11.6 Å². The van der Waals surface area contributed by atoms with Gasteiger partial charge < -0.3 is 14.8 Å². The first kappa shape index (κ1) is 24.5. The third-order valence-corrected chi connectivity index (χ3v) is 6.67. The van der Waals surface area contributed by atoms with Gasteiger partial charge in [-0.05, 0) is 41.8 Å². The Hall–Kier alpha value is -3.59. The SMILES string of the molecule is CCCSc1nc(NCc2ccc(OC)cc2)c2c(n1)N(Cc1ccc(C(=O)OC)cc1)C(=O)C2. The van der Waals surface area contributed by atoms with Gasteiger partial charge in [0.2, 0.25) is 5.91 Å². The molecule has 9 heteroatoms. The highest BCUT2D eigenvalue weighted by Gasteiger charge is 2.32. The molecule has 3 aromatic rings. The highest BCUT2D eigenvalue weighted by atomic mass is 32.2. The van der Waals surface area contributed by atoms with Crippen molar-refractivity contribution in [2.45, 2.75) is 38.0 Å². The van der Waals surface area contributed by atoms with Gasteiger partial charge in [-0.25, -0.2) is 14.8 Å². The highest BCUT2D eigenvalue weighted by Crippen LogP contribution is 2.35. The van der Waals surface area contributed by atoms with Crippen molar-refractivity contribution < 1.29 is 19.1 Å². The summed E-state index contributed by atoms with van der Waals surface area (Å²) in [5, 5.41) is 4.05. The van der Waals surface area contributed by atoms with Crippen LogP contribution < -0.4 is 15.0 Å². The Morgan fingerprint density at radius 1 is 1.06 bits per heavy atom. The van der Waals surface area contributed by atoms with E-state index in [1.54, 1.807) is 35.9 Å². The summed E-state index contributed by atoms with van der Waals surface area (Å²) < 4.78 is 9.99. The predicted octanol–water partition coefficient (Wildman–Crippen LogP) is 4.48. The Balaban J connectivity index is 1.58. The Labute approximate surface area is 209 Å². The van der Waals surface area contributed by atoms with Crippen LogP contribution in [0.3, 0.4) is 0 Å². The van der Waals surface area contributed by atoms with E-state index in [0.717, 1.165) is 34.6 Å². The van der Waals surface area contributed by atoms with Crippen LogP contribution in [0.15, 0.2) is 53.7 Å². The molecule has 1 aliphatic heterocycles. The molecule has 0 spiro atoms. The molecule has 4 rings (SSSR count). The summed E-state index contributed by atoms with van der Waals surface area (Å²) in [5.74, 6) is 2.59. The van der Waals surface area contributed by atoms with Gasteiger partial charge in [0, 0.05) is 17.9 Å². The maximum atomic E-state index is 13.0. The van der Waals surface area contributed by atoms with E-state index in [-0.39, 0.29) is 12.3 Å². The number of ether oxygens (including phenoxy) is 2. The van der Waals surface area contributed by atoms with E-state index in [0.29, 0.717) is 35.4 Å². The number of benzene rings is 2. The lowest BCUT2D eigenvalue weighted by molar-refractivity contribution is -0.117. The topological polar surface area (TPSA) is 93.7 Å². The first-order chi connectivity index (χ1) is 17.0. The number of nitrogens with zero attached hydrogens (tertiary/aromatic N) is 3. The number of carbonyl (C=O) groups is 2. The van der Waals surface area contributed by atoms with E-state index in [9.17, 15) is 9.59 Å². The molecule has 2 aromatic carbocycles. The number of nitrogens with one attached hydrogen (secondary N) is 1. The van der Waals surface area contributed by atoms with Crippen molar-refractivity contribution in [3.8, 4) is 5.75 Å². The van der Waals surface area contributed by atoms with E-state index in [2.05, 4.69) is 12.2 Å². The van der Waals surface area contributed by atoms with Crippen LogP contribution in [0.2, 0.25) is 0 Å². The molecule has 0 aliphatic carbocycles. The number of thioether (sulfide) groups is 1. The molecule has 0 saturated heterocycles. The smallest absolute Gasteiger partial charge is 0.337 e. The quantitative estimate of drug-likeness (QED) is 0.252. The van der Waals surface area contributed by atoms with Crippen molar-refractivity contribution in [3.63, 3.8) is 0 Å². The normalized spacial score (nSPS) is 12.4. The lowest BCUT2D eigenvalue weighted by atomic mass is 10.1. The Bertz CT molecular complexity index is 1200. The van der Waals surface area contributed by atoms with E-state index < -0.39 is 5.97 Å². The highest BCUT2D eigenvalue weighted by molar-refractivity contribution is 7.99. The molecule has 0 fully saturated rings. The zero-order valence-electron chi connectivity index (χ0n) is 20.0. The molecule has 8 nitrogen and oxygen atoms in total. The van der Waals surface area contributed by atoms with Crippen molar-refractivity contribution in [2.24, 2.45) is 0 Å². The molecular formula is C26H28N4O4S. The molecule has 0 unspecified atom stereocenters. The van der Waals surface area contributed by atoms with Gasteiger partial charge in [-0.1, -0.05) is 43.0 Å². The molecule has 1 aromatic heterocycles. The summed E-state index contributed by atoms with van der Waals surface area (Å²) in [6.07, 6.45) is 1.23. The van der Waals surface area contributed by atoms with Gasteiger partial charge >= 0.3 is 5.97 Å². The van der Waals surface area contributed by atoms with Crippen LogP contribution >= 0.6 is 11.8 Å². The number of methoxy groups -OCH3 is 2. The third kappa shape index (κ3) is 5.74. The lowest BCUT2D eigenvalue weighted by Crippen LogP contribution is -2.26. The van der Waals surface area contributed by atoms with E-state index in [4.69, 9.17) is 19.4 Å². The summed E-state index contributed by atoms with van der Waals surface area (Å²) in [7, 11) is 2.99. The number of hydrogen-bond acceptors (Lipinski definition) is 8. The van der Waals surface area contributed by atoms with Gasteiger partial charge in [0.05, 0.1) is 32.7 Å². The van der Waals surface area contributed by atoms with E-state index in [1.165, 1.54) is 7.11 Å². The maximum Gasteiger partial charge on any atom is 0.337 e. The standard InChI is InChI=1S/C26H28N4O4S/c1-4-13-35-26-28-23(27-15-17-7-11-20(33-2)12-8-17)21-14-22(31)30(24(21)29-26)16-18-5-9-19(10-6-18)25(32)34-3/h5-12H,4,13-16H2,1-3H3,(H,27,28,29). The van der Waals surface area contributed by atoms with Gasteiger partial charge in [0.15, 0.2) is 5.16 Å². The van der Waals surface area contributed by atoms with Gasteiger partial charge in [-0.15, -0.1) is 0 Å². The number of amides is 1. The largest absolute Gasteiger partial charge is 0.497 e.